The number of aromatic nitrogens is 3. The molecule has 0 spiro atoms. The quantitative estimate of drug-likeness (QED) is 0.171. The van der Waals surface area contributed by atoms with Gasteiger partial charge in [-0.15, -0.1) is 0 Å². The Hall–Kier alpha value is -0.708. The van der Waals surface area contributed by atoms with Crippen LogP contribution in [-0.4, -0.2) is 69.4 Å². The summed E-state index contributed by atoms with van der Waals surface area (Å²) < 4.78 is 34.1. The molecular weight excluding hydrogens is 630 g/mol. The van der Waals surface area contributed by atoms with E-state index >= 15 is 0 Å². The zero-order valence-corrected chi connectivity index (χ0v) is 24.5. The Morgan fingerprint density at radius 3 is 1.22 bits per heavy atom. The summed E-state index contributed by atoms with van der Waals surface area (Å²) in [6, 6.07) is 1.08. The van der Waals surface area contributed by atoms with E-state index in [1.54, 1.807) is 0 Å². The van der Waals surface area contributed by atoms with Gasteiger partial charge < -0.3 is 35.7 Å². The van der Waals surface area contributed by atoms with E-state index in [0.717, 1.165) is 9.13 Å². The van der Waals surface area contributed by atoms with Gasteiger partial charge >= 0.3 is 17.6 Å². The minimum atomic E-state index is -2.71. The van der Waals surface area contributed by atoms with Crippen molar-refractivity contribution >= 4 is 17.6 Å². The van der Waals surface area contributed by atoms with Crippen molar-refractivity contribution in [2.45, 2.75) is 50.9 Å². The Bertz CT molecular complexity index is 758. The van der Waals surface area contributed by atoms with E-state index in [9.17, 15) is 14.4 Å². The molecule has 0 fully saturated rings. The van der Waals surface area contributed by atoms with Crippen molar-refractivity contribution in [2.24, 2.45) is 0 Å². The van der Waals surface area contributed by atoms with Gasteiger partial charge in [0.05, 0.1) is 0 Å². The fourth-order valence-electron chi connectivity index (χ4n) is 3.23. The van der Waals surface area contributed by atoms with E-state index in [2.05, 4.69) is 4.98 Å². The number of hydrogen-bond donors (Lipinski definition) is 0. The van der Waals surface area contributed by atoms with Crippen molar-refractivity contribution in [3.05, 3.63) is 31.5 Å². The predicted octanol–water partition coefficient (Wildman–Crippen LogP) is -0.358. The molecule has 0 aliphatic carbocycles. The van der Waals surface area contributed by atoms with E-state index in [1.165, 1.54) is 42.7 Å². The first-order valence-corrected chi connectivity index (χ1v) is 13.8. The molecule has 186 valence electrons. The van der Waals surface area contributed by atoms with Crippen LogP contribution in [0.2, 0.25) is 12.1 Å². The molecule has 0 radical (unpaired) electrons. The van der Waals surface area contributed by atoms with Crippen molar-refractivity contribution in [3.8, 4) is 0 Å². The fourth-order valence-corrected chi connectivity index (χ4v) is 6.82. The van der Waals surface area contributed by atoms with Crippen LogP contribution in [0.4, 0.5) is 0 Å². The monoisotopic (exact) mass is 664 g/mol. The van der Waals surface area contributed by atoms with Gasteiger partial charge in [0.2, 0.25) is 17.1 Å². The summed E-state index contributed by atoms with van der Waals surface area (Å²) in [4.78, 5) is 40.3. The molecule has 0 aliphatic rings. The molecule has 15 heteroatoms. The van der Waals surface area contributed by atoms with Crippen LogP contribution < -0.4 is 22.1 Å². The summed E-state index contributed by atoms with van der Waals surface area (Å²) in [6.45, 7) is 0.277. The molecule has 0 amide bonds. The van der Waals surface area contributed by atoms with Gasteiger partial charge in [-0.1, -0.05) is 0 Å². The van der Waals surface area contributed by atoms with Crippen molar-refractivity contribution in [1.29, 1.82) is 0 Å². The van der Waals surface area contributed by atoms with Crippen LogP contribution in [0.25, 0.3) is 0 Å². The van der Waals surface area contributed by atoms with Crippen molar-refractivity contribution in [1.82, 2.24) is 14.1 Å². The minimum absolute atomic E-state index is 0. The molecule has 1 heterocycles. The standard InChI is InChI=1S/C17H35N3O9Si2.W/c1-24-30(25-2,26-3)13-9-7-11-19-15(21)18-16(22)20(17(19)23)12-8-10-14-31(27-4,28-5)29-6;/h7-14H2,1-6H3,(H,18,21,22);/p-1. The first kappa shape index (κ1) is 31.3. The zero-order chi connectivity index (χ0) is 23.5. The Morgan fingerprint density at radius 2 is 0.938 bits per heavy atom. The molecule has 0 bridgehead atoms. The molecule has 0 saturated carbocycles. The predicted molar refractivity (Wildman–Crippen MR) is 116 cm³/mol. The normalized spacial score (nSPS) is 12.1. The second-order valence-corrected chi connectivity index (χ2v) is 12.9. The SMILES string of the molecule is CO[Si](CCCCn1c(=O)[n-]c(=O)n(CCCC[Si](OC)(OC)OC)c1=O)(OC)OC.[W]. The maximum atomic E-state index is 12.7. The topological polar surface area (TPSA) is 131 Å². The third-order valence-corrected chi connectivity index (χ3v) is 10.9. The van der Waals surface area contributed by atoms with Gasteiger partial charge in [-0.25, -0.2) is 0 Å². The maximum absolute atomic E-state index is 12.7. The Morgan fingerprint density at radius 1 is 0.625 bits per heavy atom. The van der Waals surface area contributed by atoms with Gasteiger partial charge in [0, 0.05) is 75.8 Å². The Labute approximate surface area is 204 Å². The third-order valence-electron chi connectivity index (χ3n) is 5.21. The molecule has 0 atom stereocenters. The van der Waals surface area contributed by atoms with Gasteiger partial charge in [0.1, 0.15) is 0 Å². The number of nitrogens with zero attached hydrogens (tertiary/aromatic N) is 3. The van der Waals surface area contributed by atoms with Gasteiger partial charge in [0.25, 0.3) is 0 Å². The second-order valence-electron chi connectivity index (χ2n) is 6.77. The number of rotatable bonds is 16. The van der Waals surface area contributed by atoms with Gasteiger partial charge in [-0.2, -0.15) is 0 Å². The van der Waals surface area contributed by atoms with Crippen LogP contribution in [0.3, 0.4) is 0 Å². The van der Waals surface area contributed by atoms with E-state index in [4.69, 9.17) is 26.6 Å². The van der Waals surface area contributed by atoms with Gasteiger partial charge in [0.15, 0.2) is 0 Å². The van der Waals surface area contributed by atoms with Crippen LogP contribution in [-0.2, 0) is 60.7 Å². The Kier molecular flexibility index (Phi) is 14.9. The number of unbranched alkanes of at least 4 members (excludes halogenated alkanes) is 2. The fraction of sp³-hybridized carbons (Fsp3) is 0.824. The zero-order valence-electron chi connectivity index (χ0n) is 19.6. The smallest absolute Gasteiger partial charge is 0.377 e. The summed E-state index contributed by atoms with van der Waals surface area (Å²) in [5.41, 5.74) is -2.35. The van der Waals surface area contributed by atoms with Crippen LogP contribution >= 0.6 is 0 Å². The number of hydrogen-bond acceptors (Lipinski definition) is 9. The molecule has 1 rings (SSSR count). The van der Waals surface area contributed by atoms with Gasteiger partial charge in [-0.3, -0.25) is 19.4 Å². The molecular formula is C17H34N3O9Si2W-. The second kappa shape index (κ2) is 15.2. The van der Waals surface area contributed by atoms with Crippen molar-refractivity contribution in [3.63, 3.8) is 0 Å². The summed E-state index contributed by atoms with van der Waals surface area (Å²) in [7, 11) is 3.73. The van der Waals surface area contributed by atoms with Gasteiger partial charge in [-0.05, 0) is 38.8 Å². The average Bonchev–Trinajstić information content (AvgIpc) is 2.78. The maximum Gasteiger partial charge on any atom is 0.500 e. The molecule has 0 unspecified atom stereocenters. The molecule has 12 nitrogen and oxygen atoms in total. The summed E-state index contributed by atoms with van der Waals surface area (Å²) >= 11 is 0. The molecule has 32 heavy (non-hydrogen) atoms. The summed E-state index contributed by atoms with van der Waals surface area (Å²) in [6.07, 6.45) is 2.24. The van der Waals surface area contributed by atoms with Crippen molar-refractivity contribution in [2.75, 3.05) is 42.7 Å². The van der Waals surface area contributed by atoms with Crippen LogP contribution in [0, 0.1) is 0 Å². The summed E-state index contributed by atoms with van der Waals surface area (Å²) in [5.74, 6) is 0. The van der Waals surface area contributed by atoms with Crippen molar-refractivity contribution < 1.29 is 47.6 Å². The van der Waals surface area contributed by atoms with Crippen LogP contribution in [0.15, 0.2) is 14.4 Å². The molecule has 0 aromatic carbocycles. The van der Waals surface area contributed by atoms with E-state index in [-0.39, 0.29) is 34.2 Å². The van der Waals surface area contributed by atoms with Crippen LogP contribution in [0.5, 0.6) is 0 Å². The largest absolute Gasteiger partial charge is 0.500 e. The molecule has 0 aliphatic heterocycles. The molecule has 1 aromatic heterocycles. The third kappa shape index (κ3) is 8.26. The molecule has 0 saturated heterocycles. The minimum Gasteiger partial charge on any atom is -0.377 e. The molecule has 1 aromatic rings. The Balaban J connectivity index is 0.00000961. The first-order chi connectivity index (χ1) is 14.8. The average molecular weight is 664 g/mol. The van der Waals surface area contributed by atoms with Crippen LogP contribution in [0.1, 0.15) is 25.7 Å². The summed E-state index contributed by atoms with van der Waals surface area (Å²) in [5, 5.41) is 0. The van der Waals surface area contributed by atoms with E-state index in [1.807, 2.05) is 0 Å². The first-order valence-electron chi connectivity index (χ1n) is 9.97. The van der Waals surface area contributed by atoms with E-state index in [0.29, 0.717) is 37.8 Å². The molecule has 0 N–H and O–H groups in total. The van der Waals surface area contributed by atoms with E-state index < -0.39 is 34.7 Å².